The summed E-state index contributed by atoms with van der Waals surface area (Å²) in [6, 6.07) is 3.58. The van der Waals surface area contributed by atoms with Crippen LogP contribution in [0.15, 0.2) is 29.0 Å². The fraction of sp³-hybridized carbons (Fsp3) is 0.333. The van der Waals surface area contributed by atoms with Crippen molar-refractivity contribution >= 4 is 5.78 Å². The van der Waals surface area contributed by atoms with Crippen LogP contribution in [0.1, 0.15) is 19.7 Å². The molecule has 5 heteroatoms. The molecule has 5 nitrogen and oxygen atoms in total. The number of hydrogen-bond donors (Lipinski definition) is 0. The monoisotopic (exact) mass is 231 g/mol. The van der Waals surface area contributed by atoms with Crippen LogP contribution in [0.3, 0.4) is 0 Å². The molecule has 0 aromatic carbocycles. The predicted molar refractivity (Wildman–Crippen MR) is 61.1 cm³/mol. The zero-order valence-corrected chi connectivity index (χ0v) is 9.75. The second-order valence-electron chi connectivity index (χ2n) is 4.05. The van der Waals surface area contributed by atoms with Gasteiger partial charge in [-0.2, -0.15) is 4.98 Å². The highest BCUT2D eigenvalue weighted by atomic mass is 16.5. The average molecular weight is 231 g/mol. The Bertz CT molecular complexity index is 505. The molecule has 0 aliphatic heterocycles. The van der Waals surface area contributed by atoms with Crippen molar-refractivity contribution < 1.29 is 9.32 Å². The Kier molecular flexibility index (Phi) is 3.27. The molecule has 2 aromatic heterocycles. The number of hydrogen-bond acceptors (Lipinski definition) is 5. The number of pyridine rings is 1. The molecule has 2 rings (SSSR count). The topological polar surface area (TPSA) is 68.9 Å². The molecule has 2 heterocycles. The molecule has 0 saturated carbocycles. The van der Waals surface area contributed by atoms with Gasteiger partial charge in [0.05, 0.1) is 6.42 Å². The lowest BCUT2D eigenvalue weighted by molar-refractivity contribution is -0.121. The van der Waals surface area contributed by atoms with Gasteiger partial charge >= 0.3 is 0 Å². The van der Waals surface area contributed by atoms with Gasteiger partial charge in [-0.1, -0.05) is 19.0 Å². The molecule has 0 radical (unpaired) electrons. The lowest BCUT2D eigenvalue weighted by Gasteiger charge is -1.98. The van der Waals surface area contributed by atoms with Crippen molar-refractivity contribution in [2.45, 2.75) is 20.3 Å². The summed E-state index contributed by atoms with van der Waals surface area (Å²) in [7, 11) is 0. The molecule has 0 saturated heterocycles. The number of aromatic nitrogens is 3. The predicted octanol–water partition coefficient (Wildman–Crippen LogP) is 1.90. The Morgan fingerprint density at radius 2 is 2.06 bits per heavy atom. The standard InChI is InChI=1S/C12H13N3O2/c1-8(2)10(16)7-11-14-12(15-17-11)9-3-5-13-6-4-9/h3-6,8H,7H2,1-2H3. The van der Waals surface area contributed by atoms with Crippen molar-refractivity contribution in [3.05, 3.63) is 30.4 Å². The van der Waals surface area contributed by atoms with Gasteiger partial charge in [-0.25, -0.2) is 0 Å². The minimum Gasteiger partial charge on any atom is -0.339 e. The lowest BCUT2D eigenvalue weighted by Crippen LogP contribution is -2.10. The van der Waals surface area contributed by atoms with Crippen LogP contribution in [0, 0.1) is 5.92 Å². The van der Waals surface area contributed by atoms with Crippen molar-refractivity contribution in [2.24, 2.45) is 5.92 Å². The third-order valence-corrected chi connectivity index (χ3v) is 2.38. The van der Waals surface area contributed by atoms with Crippen LogP contribution >= 0.6 is 0 Å². The second-order valence-corrected chi connectivity index (χ2v) is 4.05. The average Bonchev–Trinajstić information content (AvgIpc) is 2.78. The number of Topliss-reactive ketones (excluding diaryl/α,β-unsaturated/α-hetero) is 1. The zero-order valence-electron chi connectivity index (χ0n) is 9.75. The first kappa shape index (κ1) is 11.4. The summed E-state index contributed by atoms with van der Waals surface area (Å²) < 4.78 is 5.04. The molecule has 0 aliphatic rings. The Morgan fingerprint density at radius 1 is 1.35 bits per heavy atom. The summed E-state index contributed by atoms with van der Waals surface area (Å²) >= 11 is 0. The Labute approximate surface area is 98.9 Å². The van der Waals surface area contributed by atoms with Crippen LogP contribution in [0.2, 0.25) is 0 Å². The lowest BCUT2D eigenvalue weighted by atomic mass is 10.1. The number of carbonyl (C=O) groups excluding carboxylic acids is 1. The van der Waals surface area contributed by atoms with E-state index in [-0.39, 0.29) is 18.1 Å². The third kappa shape index (κ3) is 2.75. The van der Waals surface area contributed by atoms with Gasteiger partial charge in [-0.15, -0.1) is 0 Å². The molecule has 0 bridgehead atoms. The Morgan fingerprint density at radius 3 is 2.71 bits per heavy atom. The molecular weight excluding hydrogens is 218 g/mol. The molecule has 0 fully saturated rings. The Balaban J connectivity index is 2.14. The Hall–Kier alpha value is -2.04. The van der Waals surface area contributed by atoms with E-state index in [2.05, 4.69) is 15.1 Å². The van der Waals surface area contributed by atoms with Gasteiger partial charge in [0, 0.05) is 23.9 Å². The van der Waals surface area contributed by atoms with E-state index in [1.165, 1.54) is 0 Å². The van der Waals surface area contributed by atoms with Crippen LogP contribution in [0.25, 0.3) is 11.4 Å². The maximum Gasteiger partial charge on any atom is 0.234 e. The zero-order chi connectivity index (χ0) is 12.3. The number of ketones is 1. The van der Waals surface area contributed by atoms with Crippen LogP contribution in [0.4, 0.5) is 0 Å². The van der Waals surface area contributed by atoms with Crippen molar-refractivity contribution in [2.75, 3.05) is 0 Å². The summed E-state index contributed by atoms with van der Waals surface area (Å²) in [6.45, 7) is 3.70. The molecule has 0 spiro atoms. The van der Waals surface area contributed by atoms with Crippen molar-refractivity contribution in [3.8, 4) is 11.4 Å². The molecule has 0 N–H and O–H groups in total. The molecule has 17 heavy (non-hydrogen) atoms. The summed E-state index contributed by atoms with van der Waals surface area (Å²) in [6.07, 6.45) is 3.50. The summed E-state index contributed by atoms with van der Waals surface area (Å²) in [4.78, 5) is 19.6. The van der Waals surface area contributed by atoms with E-state index < -0.39 is 0 Å². The summed E-state index contributed by atoms with van der Waals surface area (Å²) in [5.41, 5.74) is 0.826. The highest BCUT2D eigenvalue weighted by Gasteiger charge is 2.14. The first-order valence-corrected chi connectivity index (χ1v) is 5.42. The second kappa shape index (κ2) is 4.86. The van der Waals surface area contributed by atoms with E-state index in [1.807, 2.05) is 13.8 Å². The molecule has 0 atom stereocenters. The largest absolute Gasteiger partial charge is 0.339 e. The molecule has 88 valence electrons. The third-order valence-electron chi connectivity index (χ3n) is 2.38. The van der Waals surface area contributed by atoms with Gasteiger partial charge in [0.15, 0.2) is 0 Å². The fourth-order valence-corrected chi connectivity index (χ4v) is 1.30. The van der Waals surface area contributed by atoms with E-state index in [0.717, 1.165) is 5.56 Å². The normalized spacial score (nSPS) is 10.8. The smallest absolute Gasteiger partial charge is 0.234 e. The molecule has 0 aliphatic carbocycles. The maximum atomic E-state index is 11.5. The van der Waals surface area contributed by atoms with E-state index in [0.29, 0.717) is 11.7 Å². The molecule has 0 unspecified atom stereocenters. The maximum absolute atomic E-state index is 11.5. The summed E-state index contributed by atoms with van der Waals surface area (Å²) in [5, 5.41) is 3.83. The molecular formula is C12H13N3O2. The van der Waals surface area contributed by atoms with Gasteiger partial charge in [0.2, 0.25) is 11.7 Å². The molecule has 2 aromatic rings. The van der Waals surface area contributed by atoms with Crippen LogP contribution in [-0.2, 0) is 11.2 Å². The highest BCUT2D eigenvalue weighted by molar-refractivity contribution is 5.81. The fourth-order valence-electron chi connectivity index (χ4n) is 1.30. The highest BCUT2D eigenvalue weighted by Crippen LogP contribution is 2.14. The minimum absolute atomic E-state index is 0.0220. The van der Waals surface area contributed by atoms with Crippen LogP contribution in [0.5, 0.6) is 0 Å². The van der Waals surface area contributed by atoms with Crippen molar-refractivity contribution in [3.63, 3.8) is 0 Å². The quantitative estimate of drug-likeness (QED) is 0.803. The first-order chi connectivity index (χ1) is 8.16. The minimum atomic E-state index is -0.0220. The molecule has 0 amide bonds. The van der Waals surface area contributed by atoms with E-state index in [9.17, 15) is 4.79 Å². The van der Waals surface area contributed by atoms with Gasteiger partial charge in [-0.3, -0.25) is 9.78 Å². The SMILES string of the molecule is CC(C)C(=O)Cc1nc(-c2ccncc2)no1. The van der Waals surface area contributed by atoms with E-state index in [1.54, 1.807) is 24.5 Å². The van der Waals surface area contributed by atoms with Crippen molar-refractivity contribution in [1.29, 1.82) is 0 Å². The van der Waals surface area contributed by atoms with E-state index in [4.69, 9.17) is 4.52 Å². The van der Waals surface area contributed by atoms with E-state index >= 15 is 0 Å². The van der Waals surface area contributed by atoms with Gasteiger partial charge < -0.3 is 4.52 Å². The number of rotatable bonds is 4. The first-order valence-electron chi connectivity index (χ1n) is 5.42. The van der Waals surface area contributed by atoms with Gasteiger partial charge in [0.25, 0.3) is 0 Å². The van der Waals surface area contributed by atoms with Crippen molar-refractivity contribution in [1.82, 2.24) is 15.1 Å². The number of carbonyl (C=O) groups is 1. The summed E-state index contributed by atoms with van der Waals surface area (Å²) in [5.74, 6) is 0.913. The van der Waals surface area contributed by atoms with Crippen LogP contribution < -0.4 is 0 Å². The van der Waals surface area contributed by atoms with Gasteiger partial charge in [-0.05, 0) is 12.1 Å². The number of nitrogens with zero attached hydrogens (tertiary/aromatic N) is 3. The van der Waals surface area contributed by atoms with Crippen LogP contribution in [-0.4, -0.2) is 20.9 Å². The van der Waals surface area contributed by atoms with Gasteiger partial charge in [0.1, 0.15) is 5.78 Å².